The van der Waals surface area contributed by atoms with Gasteiger partial charge in [-0.25, -0.2) is 9.97 Å². The van der Waals surface area contributed by atoms with Gasteiger partial charge in [-0.05, 0) is 6.42 Å². The van der Waals surface area contributed by atoms with Gasteiger partial charge in [0.15, 0.2) is 0 Å². The average Bonchev–Trinajstić information content (AvgIpc) is 2.15. The van der Waals surface area contributed by atoms with Crippen molar-refractivity contribution in [1.29, 1.82) is 5.41 Å². The molecule has 0 amide bonds. The first-order chi connectivity index (χ1) is 5.88. The van der Waals surface area contributed by atoms with Gasteiger partial charge in [0.05, 0.1) is 6.20 Å². The van der Waals surface area contributed by atoms with Crippen LogP contribution in [-0.4, -0.2) is 22.4 Å². The zero-order valence-corrected chi connectivity index (χ0v) is 6.86. The van der Waals surface area contributed by atoms with Crippen molar-refractivity contribution in [3.8, 4) is 0 Å². The molecule has 0 fully saturated rings. The minimum atomic E-state index is 0.551. The van der Waals surface area contributed by atoms with Crippen molar-refractivity contribution in [2.24, 2.45) is 4.99 Å². The molecule has 0 saturated carbocycles. The maximum Gasteiger partial charge on any atom is 0.116 e. The van der Waals surface area contributed by atoms with Crippen LogP contribution in [0.1, 0.15) is 19.0 Å². The number of hydrogen-bond acceptors (Lipinski definition) is 4. The van der Waals surface area contributed by atoms with E-state index in [0.29, 0.717) is 11.4 Å². The van der Waals surface area contributed by atoms with Crippen LogP contribution in [0.3, 0.4) is 0 Å². The molecule has 0 atom stereocenters. The largest absolute Gasteiger partial charge is 0.306 e. The Morgan fingerprint density at radius 1 is 1.67 bits per heavy atom. The van der Waals surface area contributed by atoms with E-state index < -0.39 is 0 Å². The molecule has 0 spiro atoms. The molecule has 0 radical (unpaired) electrons. The zero-order valence-electron chi connectivity index (χ0n) is 6.86. The quantitative estimate of drug-likeness (QED) is 0.686. The molecule has 4 nitrogen and oxygen atoms in total. The van der Waals surface area contributed by atoms with Crippen LogP contribution in [-0.2, 0) is 0 Å². The zero-order chi connectivity index (χ0) is 8.81. The summed E-state index contributed by atoms with van der Waals surface area (Å²) in [6.07, 6.45) is 6.81. The fourth-order valence-electron chi connectivity index (χ4n) is 0.732. The van der Waals surface area contributed by atoms with Crippen LogP contribution in [0.5, 0.6) is 0 Å². The molecule has 0 bridgehead atoms. The van der Waals surface area contributed by atoms with Gasteiger partial charge in [0.1, 0.15) is 17.7 Å². The van der Waals surface area contributed by atoms with E-state index in [1.54, 1.807) is 12.4 Å². The SMILES string of the molecule is CCC=Nc1cncnc1C=N. The second-order valence-electron chi connectivity index (χ2n) is 2.16. The maximum atomic E-state index is 7.03. The molecule has 0 aromatic carbocycles. The molecule has 1 aromatic heterocycles. The standard InChI is InChI=1S/C8H10N4/c1-2-3-11-8-5-10-6-12-7(8)4-9/h3-6,9H,2H2,1H3. The first-order valence-corrected chi connectivity index (χ1v) is 3.71. The van der Waals surface area contributed by atoms with Crippen LogP contribution in [0, 0.1) is 5.41 Å². The van der Waals surface area contributed by atoms with Crippen molar-refractivity contribution in [2.45, 2.75) is 13.3 Å². The summed E-state index contributed by atoms with van der Waals surface area (Å²) in [6, 6.07) is 0. The molecule has 0 saturated heterocycles. The summed E-state index contributed by atoms with van der Waals surface area (Å²) in [5.74, 6) is 0. The van der Waals surface area contributed by atoms with Gasteiger partial charge < -0.3 is 5.41 Å². The van der Waals surface area contributed by atoms with Crippen molar-refractivity contribution in [1.82, 2.24) is 9.97 Å². The Morgan fingerprint density at radius 3 is 3.17 bits per heavy atom. The summed E-state index contributed by atoms with van der Waals surface area (Å²) < 4.78 is 0. The minimum absolute atomic E-state index is 0.551. The second kappa shape index (κ2) is 4.33. The predicted molar refractivity (Wildman–Crippen MR) is 48.4 cm³/mol. The topological polar surface area (TPSA) is 62.0 Å². The number of aromatic nitrogens is 2. The molecule has 12 heavy (non-hydrogen) atoms. The summed E-state index contributed by atoms with van der Waals surface area (Å²) in [6.45, 7) is 2.00. The van der Waals surface area contributed by atoms with E-state index in [4.69, 9.17) is 5.41 Å². The Labute approximate surface area is 70.9 Å². The highest BCUT2D eigenvalue weighted by Gasteiger charge is 1.96. The van der Waals surface area contributed by atoms with Gasteiger partial charge >= 0.3 is 0 Å². The normalized spacial score (nSPS) is 10.4. The van der Waals surface area contributed by atoms with Crippen LogP contribution in [0.4, 0.5) is 5.69 Å². The maximum absolute atomic E-state index is 7.03. The number of nitrogens with one attached hydrogen (secondary N) is 1. The summed E-state index contributed by atoms with van der Waals surface area (Å²) in [7, 11) is 0. The molecule has 1 N–H and O–H groups in total. The predicted octanol–water partition coefficient (Wildman–Crippen LogP) is 1.59. The molecule has 1 heterocycles. The Morgan fingerprint density at radius 2 is 2.50 bits per heavy atom. The Hall–Kier alpha value is -1.58. The van der Waals surface area contributed by atoms with E-state index in [2.05, 4.69) is 15.0 Å². The van der Waals surface area contributed by atoms with E-state index in [9.17, 15) is 0 Å². The lowest BCUT2D eigenvalue weighted by Gasteiger charge is -1.94. The fourth-order valence-corrected chi connectivity index (χ4v) is 0.732. The van der Waals surface area contributed by atoms with E-state index >= 15 is 0 Å². The van der Waals surface area contributed by atoms with Crippen molar-refractivity contribution in [3.05, 3.63) is 18.2 Å². The summed E-state index contributed by atoms with van der Waals surface area (Å²) >= 11 is 0. The van der Waals surface area contributed by atoms with Gasteiger partial charge in [-0.1, -0.05) is 6.92 Å². The first kappa shape index (κ1) is 8.52. The summed E-state index contributed by atoms with van der Waals surface area (Å²) in [5, 5.41) is 7.03. The Bertz CT molecular complexity index is 293. The smallest absolute Gasteiger partial charge is 0.116 e. The van der Waals surface area contributed by atoms with Gasteiger partial charge in [-0.15, -0.1) is 0 Å². The minimum Gasteiger partial charge on any atom is -0.306 e. The molecule has 1 rings (SSSR count). The summed E-state index contributed by atoms with van der Waals surface area (Å²) in [5.41, 5.74) is 1.20. The van der Waals surface area contributed by atoms with E-state index in [1.807, 2.05) is 6.92 Å². The van der Waals surface area contributed by atoms with Crippen molar-refractivity contribution in [3.63, 3.8) is 0 Å². The van der Waals surface area contributed by atoms with E-state index in [1.165, 1.54) is 12.5 Å². The third kappa shape index (κ3) is 1.95. The molecule has 62 valence electrons. The van der Waals surface area contributed by atoms with Crippen LogP contribution in [0.15, 0.2) is 17.5 Å². The van der Waals surface area contributed by atoms with Gasteiger partial charge in [0.2, 0.25) is 0 Å². The lowest BCUT2D eigenvalue weighted by atomic mass is 10.4. The monoisotopic (exact) mass is 162 g/mol. The molecule has 0 aliphatic heterocycles. The highest BCUT2D eigenvalue weighted by Crippen LogP contribution is 2.11. The van der Waals surface area contributed by atoms with Gasteiger partial charge in [0, 0.05) is 12.4 Å². The molecular weight excluding hydrogens is 152 g/mol. The van der Waals surface area contributed by atoms with Crippen LogP contribution in [0.2, 0.25) is 0 Å². The number of hydrogen-bond donors (Lipinski definition) is 1. The molecule has 0 unspecified atom stereocenters. The Balaban J connectivity index is 2.96. The number of rotatable bonds is 3. The van der Waals surface area contributed by atoms with Gasteiger partial charge in [-0.3, -0.25) is 4.99 Å². The van der Waals surface area contributed by atoms with Crippen LogP contribution in [0.25, 0.3) is 0 Å². The third-order valence-electron chi connectivity index (χ3n) is 1.27. The van der Waals surface area contributed by atoms with Gasteiger partial charge in [0.25, 0.3) is 0 Å². The van der Waals surface area contributed by atoms with Gasteiger partial charge in [-0.2, -0.15) is 0 Å². The lowest BCUT2D eigenvalue weighted by Crippen LogP contribution is -1.88. The molecule has 0 aliphatic rings. The molecular formula is C8H10N4. The molecule has 4 heteroatoms. The van der Waals surface area contributed by atoms with Crippen LogP contribution < -0.4 is 0 Å². The third-order valence-corrected chi connectivity index (χ3v) is 1.27. The Kier molecular flexibility index (Phi) is 3.07. The van der Waals surface area contributed by atoms with Crippen molar-refractivity contribution < 1.29 is 0 Å². The van der Waals surface area contributed by atoms with E-state index in [0.717, 1.165) is 6.42 Å². The number of nitrogens with zero attached hydrogens (tertiary/aromatic N) is 3. The van der Waals surface area contributed by atoms with Crippen LogP contribution >= 0.6 is 0 Å². The molecule has 0 aliphatic carbocycles. The van der Waals surface area contributed by atoms with Crippen molar-refractivity contribution in [2.75, 3.05) is 0 Å². The average molecular weight is 162 g/mol. The first-order valence-electron chi connectivity index (χ1n) is 3.71. The number of aliphatic imine (C=N–C) groups is 1. The lowest BCUT2D eigenvalue weighted by molar-refractivity contribution is 1.14. The molecule has 1 aromatic rings. The summed E-state index contributed by atoms with van der Waals surface area (Å²) in [4.78, 5) is 11.8. The highest BCUT2D eigenvalue weighted by molar-refractivity contribution is 5.82. The fraction of sp³-hybridized carbons (Fsp3) is 0.250. The highest BCUT2D eigenvalue weighted by atomic mass is 14.9. The van der Waals surface area contributed by atoms with Crippen molar-refractivity contribution >= 4 is 18.1 Å². The second-order valence-corrected chi connectivity index (χ2v) is 2.16. The van der Waals surface area contributed by atoms with E-state index in [-0.39, 0.29) is 0 Å².